The van der Waals surface area contributed by atoms with E-state index in [2.05, 4.69) is 0 Å². The Morgan fingerprint density at radius 1 is 1.26 bits per heavy atom. The van der Waals surface area contributed by atoms with Crippen LogP contribution in [-0.2, 0) is 14.3 Å². The molecular weight excluding hydrogens is 246 g/mol. The van der Waals surface area contributed by atoms with E-state index in [1.807, 2.05) is 4.90 Å². The van der Waals surface area contributed by atoms with Crippen molar-refractivity contribution in [3.05, 3.63) is 0 Å². The van der Waals surface area contributed by atoms with Crippen molar-refractivity contribution < 1.29 is 19.4 Å². The molecule has 0 radical (unpaired) electrons. The largest absolute Gasteiger partial charge is 0.466 e. The van der Waals surface area contributed by atoms with Gasteiger partial charge in [0.05, 0.1) is 19.8 Å². The molecule has 0 bridgehead atoms. The molecule has 0 amide bonds. The van der Waals surface area contributed by atoms with E-state index < -0.39 is 5.97 Å². The zero-order valence-electron chi connectivity index (χ0n) is 11.8. The lowest BCUT2D eigenvalue weighted by Gasteiger charge is -2.33. The van der Waals surface area contributed by atoms with Crippen LogP contribution in [0.1, 0.15) is 45.4 Å². The maximum Gasteiger partial charge on any atom is 0.313 e. The predicted molar refractivity (Wildman–Crippen MR) is 71.8 cm³/mol. The Morgan fingerprint density at radius 3 is 2.53 bits per heavy atom. The van der Waals surface area contributed by atoms with E-state index >= 15 is 0 Å². The molecular formula is C14H25NO4. The molecule has 1 rings (SSSR count). The molecule has 110 valence electrons. The Bertz CT molecular complexity index is 287. The lowest BCUT2D eigenvalue weighted by molar-refractivity contribution is -0.145. The highest BCUT2D eigenvalue weighted by Gasteiger charge is 2.23. The van der Waals surface area contributed by atoms with Crippen LogP contribution in [0.15, 0.2) is 0 Å². The molecule has 0 spiro atoms. The minimum atomic E-state index is -0.458. The summed E-state index contributed by atoms with van der Waals surface area (Å²) in [4.78, 5) is 25.1. The van der Waals surface area contributed by atoms with Crippen molar-refractivity contribution in [1.29, 1.82) is 0 Å². The van der Waals surface area contributed by atoms with E-state index in [9.17, 15) is 9.59 Å². The number of rotatable bonds is 8. The highest BCUT2D eigenvalue weighted by atomic mass is 16.5. The van der Waals surface area contributed by atoms with Crippen LogP contribution in [-0.4, -0.2) is 54.1 Å². The number of ketones is 1. The Morgan fingerprint density at radius 2 is 1.95 bits per heavy atom. The van der Waals surface area contributed by atoms with Gasteiger partial charge in [-0.2, -0.15) is 0 Å². The van der Waals surface area contributed by atoms with Gasteiger partial charge >= 0.3 is 5.97 Å². The van der Waals surface area contributed by atoms with Crippen LogP contribution in [0.4, 0.5) is 0 Å². The van der Waals surface area contributed by atoms with E-state index in [4.69, 9.17) is 9.84 Å². The average Bonchev–Trinajstić information content (AvgIpc) is 2.39. The predicted octanol–water partition coefficient (Wildman–Crippen LogP) is 1.14. The van der Waals surface area contributed by atoms with Crippen molar-refractivity contribution >= 4 is 11.8 Å². The van der Waals surface area contributed by atoms with Crippen LogP contribution in [0.25, 0.3) is 0 Å². The number of hydrogen-bond donors (Lipinski definition) is 1. The lowest BCUT2D eigenvalue weighted by atomic mass is 9.94. The molecule has 5 heteroatoms. The standard InChI is InChI=1S/C14H25NO4/c1-2-19-14(18)10-13(17)11-15(8-9-16)12-6-4-3-5-7-12/h12,16H,2-11H2,1H3. The minimum absolute atomic E-state index is 0.0448. The molecule has 0 unspecified atom stereocenters. The van der Waals surface area contributed by atoms with E-state index in [1.165, 1.54) is 19.3 Å². The van der Waals surface area contributed by atoms with Gasteiger partial charge in [-0.25, -0.2) is 0 Å². The van der Waals surface area contributed by atoms with Crippen molar-refractivity contribution in [2.45, 2.75) is 51.5 Å². The molecule has 0 aromatic carbocycles. The van der Waals surface area contributed by atoms with Gasteiger partial charge in [0, 0.05) is 12.6 Å². The first-order valence-electron chi connectivity index (χ1n) is 7.19. The summed E-state index contributed by atoms with van der Waals surface area (Å²) < 4.78 is 4.77. The molecule has 5 nitrogen and oxygen atoms in total. The molecule has 0 atom stereocenters. The summed E-state index contributed by atoms with van der Waals surface area (Å²) >= 11 is 0. The summed E-state index contributed by atoms with van der Waals surface area (Å²) in [5.41, 5.74) is 0. The number of Topliss-reactive ketones (excluding diaryl/α,β-unsaturated/α-hetero) is 1. The van der Waals surface area contributed by atoms with Crippen molar-refractivity contribution in [2.24, 2.45) is 0 Å². The highest BCUT2D eigenvalue weighted by molar-refractivity contribution is 5.96. The molecule has 19 heavy (non-hydrogen) atoms. The SMILES string of the molecule is CCOC(=O)CC(=O)CN(CCO)C1CCCCC1. The number of esters is 1. The van der Waals surface area contributed by atoms with Crippen LogP contribution >= 0.6 is 0 Å². The zero-order chi connectivity index (χ0) is 14.1. The fraction of sp³-hybridized carbons (Fsp3) is 0.857. The average molecular weight is 271 g/mol. The van der Waals surface area contributed by atoms with Crippen LogP contribution in [0.5, 0.6) is 0 Å². The van der Waals surface area contributed by atoms with Crippen LogP contribution in [0.3, 0.4) is 0 Å². The minimum Gasteiger partial charge on any atom is -0.466 e. The van der Waals surface area contributed by atoms with Crippen molar-refractivity contribution in [1.82, 2.24) is 4.90 Å². The number of nitrogens with zero attached hydrogens (tertiary/aromatic N) is 1. The quantitative estimate of drug-likeness (QED) is 0.529. The maximum atomic E-state index is 11.8. The molecule has 1 aliphatic rings. The Hall–Kier alpha value is -0.940. The van der Waals surface area contributed by atoms with Gasteiger partial charge in [0.2, 0.25) is 0 Å². The van der Waals surface area contributed by atoms with Gasteiger partial charge in [0.25, 0.3) is 0 Å². The third-order valence-electron chi connectivity index (χ3n) is 3.50. The molecule has 0 aromatic heterocycles. The first-order chi connectivity index (χ1) is 9.17. The summed E-state index contributed by atoms with van der Waals surface area (Å²) in [7, 11) is 0. The van der Waals surface area contributed by atoms with Crippen LogP contribution in [0, 0.1) is 0 Å². The summed E-state index contributed by atoms with van der Waals surface area (Å²) in [6.07, 6.45) is 5.60. The number of carbonyl (C=O) groups is 2. The topological polar surface area (TPSA) is 66.8 Å². The first-order valence-corrected chi connectivity index (χ1v) is 7.19. The van der Waals surface area contributed by atoms with E-state index in [0.717, 1.165) is 12.8 Å². The number of carbonyl (C=O) groups excluding carboxylic acids is 2. The second-order valence-electron chi connectivity index (χ2n) is 5.01. The highest BCUT2D eigenvalue weighted by Crippen LogP contribution is 2.22. The normalized spacial score (nSPS) is 16.6. The number of aliphatic hydroxyl groups excluding tert-OH is 1. The summed E-state index contributed by atoms with van der Waals surface area (Å²) in [6.45, 7) is 2.81. The summed E-state index contributed by atoms with van der Waals surface area (Å²) in [5.74, 6) is -0.586. The Kier molecular flexibility index (Phi) is 7.67. The second kappa shape index (κ2) is 9.04. The number of ether oxygens (including phenoxy) is 1. The molecule has 0 aromatic rings. The molecule has 0 heterocycles. The van der Waals surface area contributed by atoms with Gasteiger partial charge in [0.1, 0.15) is 6.42 Å². The van der Waals surface area contributed by atoms with E-state index in [-0.39, 0.29) is 25.4 Å². The van der Waals surface area contributed by atoms with Gasteiger partial charge < -0.3 is 9.84 Å². The van der Waals surface area contributed by atoms with E-state index in [0.29, 0.717) is 19.2 Å². The van der Waals surface area contributed by atoms with Gasteiger partial charge in [-0.1, -0.05) is 19.3 Å². The summed E-state index contributed by atoms with van der Waals surface area (Å²) in [6, 6.07) is 0.368. The molecule has 1 saturated carbocycles. The summed E-state index contributed by atoms with van der Waals surface area (Å²) in [5, 5.41) is 9.10. The van der Waals surface area contributed by atoms with Gasteiger partial charge in [0.15, 0.2) is 5.78 Å². The number of aliphatic hydroxyl groups is 1. The van der Waals surface area contributed by atoms with Crippen LogP contribution in [0.2, 0.25) is 0 Å². The Labute approximate surface area is 114 Å². The fourth-order valence-corrected chi connectivity index (χ4v) is 2.62. The molecule has 1 aliphatic carbocycles. The van der Waals surface area contributed by atoms with Gasteiger partial charge in [-0.3, -0.25) is 14.5 Å². The molecule has 0 aliphatic heterocycles. The monoisotopic (exact) mass is 271 g/mol. The van der Waals surface area contributed by atoms with Crippen LogP contribution < -0.4 is 0 Å². The van der Waals surface area contributed by atoms with Gasteiger partial charge in [-0.15, -0.1) is 0 Å². The van der Waals surface area contributed by atoms with Gasteiger partial charge in [-0.05, 0) is 19.8 Å². The third kappa shape index (κ3) is 6.16. The first kappa shape index (κ1) is 16.1. The third-order valence-corrected chi connectivity index (χ3v) is 3.50. The molecule has 0 saturated heterocycles. The number of hydrogen-bond acceptors (Lipinski definition) is 5. The van der Waals surface area contributed by atoms with Crippen molar-refractivity contribution in [2.75, 3.05) is 26.3 Å². The molecule has 1 fully saturated rings. The second-order valence-corrected chi connectivity index (χ2v) is 5.01. The van der Waals surface area contributed by atoms with E-state index in [1.54, 1.807) is 6.92 Å². The zero-order valence-corrected chi connectivity index (χ0v) is 11.8. The maximum absolute atomic E-state index is 11.8. The lowest BCUT2D eigenvalue weighted by Crippen LogP contribution is -2.42. The van der Waals surface area contributed by atoms with Crippen molar-refractivity contribution in [3.8, 4) is 0 Å². The fourth-order valence-electron chi connectivity index (χ4n) is 2.62. The molecule has 1 N–H and O–H groups in total. The smallest absolute Gasteiger partial charge is 0.313 e. The Balaban J connectivity index is 2.42. The van der Waals surface area contributed by atoms with Crippen molar-refractivity contribution in [3.63, 3.8) is 0 Å².